The third kappa shape index (κ3) is 3.82. The van der Waals surface area contributed by atoms with E-state index >= 15 is 0 Å². The van der Waals surface area contributed by atoms with E-state index in [1.54, 1.807) is 0 Å². The van der Waals surface area contributed by atoms with Crippen LogP contribution in [0, 0.1) is 5.92 Å². The standard InChI is InChI=1S/C15H26N4/c1-15(2,3)14-18-12(16-4)9-13(19-14)17-10-11-7-5-6-8-11/h9,11H,5-8,10H2,1-4H3,(H2,16,17,18,19). The zero-order valence-electron chi connectivity index (χ0n) is 12.6. The number of nitrogens with zero attached hydrogens (tertiary/aromatic N) is 2. The summed E-state index contributed by atoms with van der Waals surface area (Å²) in [5.41, 5.74) is -0.0311. The molecule has 1 aromatic heterocycles. The molecule has 0 aliphatic heterocycles. The lowest BCUT2D eigenvalue weighted by atomic mass is 9.96. The van der Waals surface area contributed by atoms with Crippen molar-refractivity contribution in [1.82, 2.24) is 9.97 Å². The highest BCUT2D eigenvalue weighted by Gasteiger charge is 2.20. The van der Waals surface area contributed by atoms with Crippen molar-refractivity contribution in [1.29, 1.82) is 0 Å². The summed E-state index contributed by atoms with van der Waals surface area (Å²) in [6.07, 6.45) is 5.46. The molecule has 106 valence electrons. The molecule has 1 aliphatic carbocycles. The third-order valence-corrected chi connectivity index (χ3v) is 3.70. The Morgan fingerprint density at radius 2 is 1.79 bits per heavy atom. The molecule has 19 heavy (non-hydrogen) atoms. The van der Waals surface area contributed by atoms with E-state index < -0.39 is 0 Å². The van der Waals surface area contributed by atoms with Crippen molar-refractivity contribution in [2.45, 2.75) is 51.9 Å². The minimum absolute atomic E-state index is 0.0311. The van der Waals surface area contributed by atoms with Crippen molar-refractivity contribution in [2.24, 2.45) is 5.92 Å². The van der Waals surface area contributed by atoms with Crippen LogP contribution < -0.4 is 10.6 Å². The lowest BCUT2D eigenvalue weighted by Gasteiger charge is -2.19. The first-order valence-corrected chi connectivity index (χ1v) is 7.30. The van der Waals surface area contributed by atoms with Gasteiger partial charge in [-0.05, 0) is 18.8 Å². The van der Waals surface area contributed by atoms with Crippen LogP contribution in [0.25, 0.3) is 0 Å². The second-order valence-corrected chi connectivity index (χ2v) is 6.49. The largest absolute Gasteiger partial charge is 0.373 e. The predicted octanol–water partition coefficient (Wildman–Crippen LogP) is 3.42. The Balaban J connectivity index is 2.10. The van der Waals surface area contributed by atoms with Gasteiger partial charge >= 0.3 is 0 Å². The van der Waals surface area contributed by atoms with Gasteiger partial charge in [0.2, 0.25) is 0 Å². The molecule has 0 atom stereocenters. The van der Waals surface area contributed by atoms with Crippen LogP contribution in [0.3, 0.4) is 0 Å². The van der Waals surface area contributed by atoms with Gasteiger partial charge in [-0.1, -0.05) is 33.6 Å². The summed E-state index contributed by atoms with van der Waals surface area (Å²) in [5.74, 6) is 3.52. The average Bonchev–Trinajstić information content (AvgIpc) is 2.88. The highest BCUT2D eigenvalue weighted by molar-refractivity contribution is 5.47. The molecule has 4 nitrogen and oxygen atoms in total. The molecule has 1 aliphatic rings. The summed E-state index contributed by atoms with van der Waals surface area (Å²) in [5, 5.41) is 6.60. The number of nitrogens with one attached hydrogen (secondary N) is 2. The van der Waals surface area contributed by atoms with Gasteiger partial charge in [0.15, 0.2) is 0 Å². The molecule has 1 aromatic rings. The molecule has 0 bridgehead atoms. The van der Waals surface area contributed by atoms with Gasteiger partial charge in [0.1, 0.15) is 17.5 Å². The van der Waals surface area contributed by atoms with Gasteiger partial charge < -0.3 is 10.6 Å². The zero-order chi connectivity index (χ0) is 13.9. The molecule has 0 amide bonds. The summed E-state index contributed by atoms with van der Waals surface area (Å²) in [7, 11) is 1.90. The Morgan fingerprint density at radius 3 is 2.37 bits per heavy atom. The molecule has 1 saturated carbocycles. The van der Waals surface area contributed by atoms with E-state index in [9.17, 15) is 0 Å². The summed E-state index contributed by atoms with van der Waals surface area (Å²) < 4.78 is 0. The van der Waals surface area contributed by atoms with Crippen LogP contribution in [0.1, 0.15) is 52.3 Å². The van der Waals surface area contributed by atoms with E-state index in [1.165, 1.54) is 25.7 Å². The summed E-state index contributed by atoms with van der Waals surface area (Å²) >= 11 is 0. The number of anilines is 2. The second-order valence-electron chi connectivity index (χ2n) is 6.49. The van der Waals surface area contributed by atoms with Crippen molar-refractivity contribution < 1.29 is 0 Å². The van der Waals surface area contributed by atoms with Crippen molar-refractivity contribution in [3.05, 3.63) is 11.9 Å². The van der Waals surface area contributed by atoms with Gasteiger partial charge in [-0.25, -0.2) is 9.97 Å². The van der Waals surface area contributed by atoms with E-state index in [-0.39, 0.29) is 5.41 Å². The number of rotatable bonds is 4. The first-order chi connectivity index (χ1) is 8.99. The van der Waals surface area contributed by atoms with Crippen LogP contribution in [-0.4, -0.2) is 23.6 Å². The van der Waals surface area contributed by atoms with Crippen molar-refractivity contribution in [3.8, 4) is 0 Å². The molecule has 0 aromatic carbocycles. The van der Waals surface area contributed by atoms with Crippen molar-refractivity contribution in [2.75, 3.05) is 24.2 Å². The smallest absolute Gasteiger partial charge is 0.138 e. The van der Waals surface area contributed by atoms with Gasteiger partial charge in [-0.15, -0.1) is 0 Å². The molecule has 1 fully saturated rings. The Morgan fingerprint density at radius 1 is 1.16 bits per heavy atom. The van der Waals surface area contributed by atoms with Crippen LogP contribution in [-0.2, 0) is 5.41 Å². The molecule has 0 unspecified atom stereocenters. The molecular weight excluding hydrogens is 236 g/mol. The number of hydrogen-bond donors (Lipinski definition) is 2. The zero-order valence-corrected chi connectivity index (χ0v) is 12.6. The Kier molecular flexibility index (Phi) is 4.27. The molecule has 0 spiro atoms. The molecule has 4 heteroatoms. The Bertz CT molecular complexity index is 417. The molecule has 2 rings (SSSR count). The molecular formula is C15H26N4. The normalized spacial score (nSPS) is 16.6. The third-order valence-electron chi connectivity index (χ3n) is 3.70. The van der Waals surface area contributed by atoms with E-state index in [0.29, 0.717) is 0 Å². The lowest BCUT2D eigenvalue weighted by molar-refractivity contribution is 0.544. The highest BCUT2D eigenvalue weighted by Crippen LogP contribution is 2.26. The number of hydrogen-bond acceptors (Lipinski definition) is 4. The Hall–Kier alpha value is -1.32. The number of aromatic nitrogens is 2. The maximum Gasteiger partial charge on any atom is 0.138 e. The minimum Gasteiger partial charge on any atom is -0.373 e. The van der Waals surface area contributed by atoms with Crippen LogP contribution in [0.5, 0.6) is 0 Å². The molecule has 0 radical (unpaired) electrons. The second kappa shape index (κ2) is 5.76. The van der Waals surface area contributed by atoms with Crippen LogP contribution in [0.2, 0.25) is 0 Å². The first kappa shape index (κ1) is 14.1. The van der Waals surface area contributed by atoms with E-state index in [4.69, 9.17) is 0 Å². The predicted molar refractivity (Wildman–Crippen MR) is 80.7 cm³/mol. The molecule has 1 heterocycles. The van der Waals surface area contributed by atoms with Gasteiger partial charge in [0.05, 0.1) is 0 Å². The fourth-order valence-corrected chi connectivity index (χ4v) is 2.46. The quantitative estimate of drug-likeness (QED) is 0.873. The van der Waals surface area contributed by atoms with Gasteiger partial charge in [-0.2, -0.15) is 0 Å². The first-order valence-electron chi connectivity index (χ1n) is 7.30. The topological polar surface area (TPSA) is 49.8 Å². The maximum atomic E-state index is 4.65. The maximum absolute atomic E-state index is 4.65. The Labute approximate surface area is 116 Å². The van der Waals surface area contributed by atoms with Crippen LogP contribution in [0.15, 0.2) is 6.07 Å². The van der Waals surface area contributed by atoms with Gasteiger partial charge in [0, 0.05) is 25.1 Å². The van der Waals surface area contributed by atoms with Gasteiger partial charge in [-0.3, -0.25) is 0 Å². The highest BCUT2D eigenvalue weighted by atomic mass is 15.1. The SMILES string of the molecule is CNc1cc(NCC2CCCC2)nc(C(C)(C)C)n1. The molecule has 2 N–H and O–H groups in total. The summed E-state index contributed by atoms with van der Waals surface area (Å²) in [4.78, 5) is 9.19. The monoisotopic (exact) mass is 262 g/mol. The average molecular weight is 262 g/mol. The van der Waals surface area contributed by atoms with E-state index in [1.807, 2.05) is 13.1 Å². The van der Waals surface area contributed by atoms with Crippen molar-refractivity contribution in [3.63, 3.8) is 0 Å². The minimum atomic E-state index is -0.0311. The van der Waals surface area contributed by atoms with E-state index in [2.05, 4.69) is 41.4 Å². The summed E-state index contributed by atoms with van der Waals surface area (Å²) in [6, 6.07) is 1.99. The summed E-state index contributed by atoms with van der Waals surface area (Å²) in [6.45, 7) is 7.46. The van der Waals surface area contributed by atoms with Crippen molar-refractivity contribution >= 4 is 11.6 Å². The lowest BCUT2D eigenvalue weighted by Crippen LogP contribution is -2.19. The van der Waals surface area contributed by atoms with E-state index in [0.717, 1.165) is 29.9 Å². The van der Waals surface area contributed by atoms with Crippen LogP contribution >= 0.6 is 0 Å². The molecule has 0 saturated heterocycles. The fraction of sp³-hybridized carbons (Fsp3) is 0.733. The fourth-order valence-electron chi connectivity index (χ4n) is 2.46. The van der Waals surface area contributed by atoms with Gasteiger partial charge in [0.25, 0.3) is 0 Å². The van der Waals surface area contributed by atoms with Crippen LogP contribution in [0.4, 0.5) is 11.6 Å².